The molecule has 0 saturated carbocycles. The van der Waals surface area contributed by atoms with Crippen LogP contribution in [0.4, 0.5) is 5.69 Å². The molecule has 0 fully saturated rings. The predicted molar refractivity (Wildman–Crippen MR) is 107 cm³/mol. The first-order valence-corrected chi connectivity index (χ1v) is 9.42. The fourth-order valence-corrected chi connectivity index (χ4v) is 3.49. The summed E-state index contributed by atoms with van der Waals surface area (Å²) in [6.07, 6.45) is 3.38. The summed E-state index contributed by atoms with van der Waals surface area (Å²) in [4.78, 5) is 32.5. The number of rotatable bonds is 6. The quantitative estimate of drug-likeness (QED) is 0.685. The van der Waals surface area contributed by atoms with E-state index in [9.17, 15) is 9.59 Å². The molecule has 3 rings (SSSR count). The van der Waals surface area contributed by atoms with Gasteiger partial charge in [-0.2, -0.15) is 0 Å². The number of benzene rings is 1. The molecule has 0 atom stereocenters. The molecule has 0 radical (unpaired) electrons. The second-order valence-corrected chi connectivity index (χ2v) is 7.01. The first-order chi connectivity index (χ1) is 13.0. The molecule has 2 N–H and O–H groups in total. The number of nitrogens with zero attached hydrogens (tertiary/aromatic N) is 2. The molecule has 0 bridgehead atoms. The predicted octanol–water partition coefficient (Wildman–Crippen LogP) is 3.58. The van der Waals surface area contributed by atoms with Crippen LogP contribution in [0.15, 0.2) is 48.1 Å². The lowest BCUT2D eigenvalue weighted by Crippen LogP contribution is -2.27. The van der Waals surface area contributed by atoms with Gasteiger partial charge in [-0.05, 0) is 31.5 Å². The van der Waals surface area contributed by atoms with Crippen molar-refractivity contribution in [3.05, 3.63) is 64.9 Å². The summed E-state index contributed by atoms with van der Waals surface area (Å²) in [6.45, 7) is 4.31. The van der Waals surface area contributed by atoms with Gasteiger partial charge in [0.25, 0.3) is 5.91 Å². The number of hydrogen-bond acceptors (Lipinski definition) is 5. The molecular weight excluding hydrogens is 360 g/mol. The molecular formula is C20H20N4O2S. The molecule has 2 amide bonds. The van der Waals surface area contributed by atoms with E-state index in [1.165, 1.54) is 16.9 Å². The molecule has 0 unspecified atom stereocenters. The Balaban J connectivity index is 1.53. The van der Waals surface area contributed by atoms with Crippen LogP contribution in [0.3, 0.4) is 0 Å². The number of aromatic nitrogens is 2. The number of hydrogen-bond donors (Lipinski definition) is 2. The van der Waals surface area contributed by atoms with E-state index in [0.717, 1.165) is 16.1 Å². The number of amides is 2. The van der Waals surface area contributed by atoms with E-state index in [1.807, 2.05) is 26.0 Å². The minimum atomic E-state index is -0.281. The number of nitrogens with one attached hydrogen (secondary N) is 2. The van der Waals surface area contributed by atoms with E-state index in [4.69, 9.17) is 0 Å². The van der Waals surface area contributed by atoms with Crippen LogP contribution in [-0.4, -0.2) is 28.3 Å². The largest absolute Gasteiger partial charge is 0.350 e. The third kappa shape index (κ3) is 4.98. The Bertz CT molecular complexity index is 954. The van der Waals surface area contributed by atoms with Gasteiger partial charge in [0.05, 0.1) is 11.9 Å². The van der Waals surface area contributed by atoms with Crippen LogP contribution in [0.1, 0.15) is 28.0 Å². The van der Waals surface area contributed by atoms with Gasteiger partial charge in [-0.3, -0.25) is 14.6 Å². The highest BCUT2D eigenvalue weighted by molar-refractivity contribution is 7.13. The molecule has 3 aromatic rings. The number of anilines is 1. The third-order valence-corrected chi connectivity index (χ3v) is 4.81. The van der Waals surface area contributed by atoms with Crippen molar-refractivity contribution in [2.75, 3.05) is 11.9 Å². The molecule has 1 aromatic carbocycles. The van der Waals surface area contributed by atoms with Gasteiger partial charge in [0.1, 0.15) is 10.7 Å². The molecule has 6 nitrogen and oxygen atoms in total. The Morgan fingerprint density at radius 1 is 1.19 bits per heavy atom. The third-order valence-electron chi connectivity index (χ3n) is 3.93. The van der Waals surface area contributed by atoms with Crippen LogP contribution in [0.2, 0.25) is 0 Å². The summed E-state index contributed by atoms with van der Waals surface area (Å²) >= 11 is 1.43. The maximum absolute atomic E-state index is 12.3. The highest BCUT2D eigenvalue weighted by Crippen LogP contribution is 2.27. The van der Waals surface area contributed by atoms with Gasteiger partial charge in [0.15, 0.2) is 0 Å². The normalized spacial score (nSPS) is 10.4. The molecule has 2 heterocycles. The molecule has 0 aliphatic carbocycles. The van der Waals surface area contributed by atoms with Gasteiger partial charge < -0.3 is 10.6 Å². The van der Waals surface area contributed by atoms with Crippen molar-refractivity contribution in [1.29, 1.82) is 0 Å². The van der Waals surface area contributed by atoms with Gasteiger partial charge in [0, 0.05) is 30.1 Å². The molecule has 138 valence electrons. The van der Waals surface area contributed by atoms with E-state index >= 15 is 0 Å². The molecule has 0 aliphatic rings. The maximum atomic E-state index is 12.3. The average Bonchev–Trinajstić information content (AvgIpc) is 3.12. The minimum Gasteiger partial charge on any atom is -0.350 e. The monoisotopic (exact) mass is 380 g/mol. The topological polar surface area (TPSA) is 84.0 Å². The Morgan fingerprint density at radius 3 is 2.78 bits per heavy atom. The fraction of sp³-hybridized carbons (Fsp3) is 0.200. The highest BCUT2D eigenvalue weighted by atomic mass is 32.1. The molecule has 0 spiro atoms. The van der Waals surface area contributed by atoms with Crippen LogP contribution in [0, 0.1) is 13.8 Å². The van der Waals surface area contributed by atoms with E-state index in [1.54, 1.807) is 29.9 Å². The zero-order valence-corrected chi connectivity index (χ0v) is 16.0. The summed E-state index contributed by atoms with van der Waals surface area (Å²) in [5.41, 5.74) is 4.34. The molecule has 0 aliphatic heterocycles. The first-order valence-electron chi connectivity index (χ1n) is 8.54. The zero-order valence-electron chi connectivity index (χ0n) is 15.2. The lowest BCUT2D eigenvalue weighted by atomic mass is 10.1. The van der Waals surface area contributed by atoms with Crippen LogP contribution in [0.5, 0.6) is 0 Å². The molecule has 27 heavy (non-hydrogen) atoms. The van der Waals surface area contributed by atoms with Crippen molar-refractivity contribution in [2.45, 2.75) is 20.3 Å². The number of carbonyl (C=O) groups excluding carboxylic acids is 2. The second-order valence-electron chi connectivity index (χ2n) is 6.15. The van der Waals surface area contributed by atoms with Crippen molar-refractivity contribution >= 4 is 28.8 Å². The lowest BCUT2D eigenvalue weighted by molar-refractivity contribution is -0.116. The fourth-order valence-electron chi connectivity index (χ4n) is 2.60. The molecule has 7 heteroatoms. The number of aryl methyl sites for hydroxylation is 2. The summed E-state index contributed by atoms with van der Waals surface area (Å²) in [5, 5.41) is 8.01. The number of thiazole rings is 1. The number of carbonyl (C=O) groups is 2. The Kier molecular flexibility index (Phi) is 5.93. The summed E-state index contributed by atoms with van der Waals surface area (Å²) in [7, 11) is 0. The average molecular weight is 380 g/mol. The first kappa shape index (κ1) is 18.7. The van der Waals surface area contributed by atoms with E-state index in [2.05, 4.69) is 26.7 Å². The maximum Gasteiger partial charge on any atom is 0.270 e. The minimum absolute atomic E-state index is 0.175. The van der Waals surface area contributed by atoms with Gasteiger partial charge in [0.2, 0.25) is 5.91 Å². The summed E-state index contributed by atoms with van der Waals surface area (Å²) in [6, 6.07) is 9.65. The van der Waals surface area contributed by atoms with Crippen LogP contribution in [-0.2, 0) is 4.79 Å². The molecule has 0 saturated heterocycles. The van der Waals surface area contributed by atoms with E-state index in [-0.39, 0.29) is 24.8 Å². The van der Waals surface area contributed by atoms with Crippen molar-refractivity contribution < 1.29 is 9.59 Å². The molecule has 2 aromatic heterocycles. The Morgan fingerprint density at radius 2 is 2.04 bits per heavy atom. The van der Waals surface area contributed by atoms with E-state index in [0.29, 0.717) is 11.4 Å². The van der Waals surface area contributed by atoms with Crippen molar-refractivity contribution in [3.8, 4) is 10.6 Å². The highest BCUT2D eigenvalue weighted by Gasteiger charge is 2.13. The summed E-state index contributed by atoms with van der Waals surface area (Å²) < 4.78 is 0. The summed E-state index contributed by atoms with van der Waals surface area (Å²) in [5.74, 6) is -0.464. The lowest BCUT2D eigenvalue weighted by Gasteiger charge is -2.05. The standard InChI is InChI=1S/C20H20N4O2S/c1-13-5-6-16(14(2)10-13)20-24-17(12-27-20)19(26)22-9-7-18(25)23-15-4-3-8-21-11-15/h3-6,8,10-12H,7,9H2,1-2H3,(H,22,26)(H,23,25). The second kappa shape index (κ2) is 8.55. The smallest absolute Gasteiger partial charge is 0.270 e. The van der Waals surface area contributed by atoms with Crippen molar-refractivity contribution in [2.24, 2.45) is 0 Å². The SMILES string of the molecule is Cc1ccc(-c2nc(C(=O)NCCC(=O)Nc3cccnc3)cs2)c(C)c1. The van der Waals surface area contributed by atoms with Crippen molar-refractivity contribution in [3.63, 3.8) is 0 Å². The van der Waals surface area contributed by atoms with Gasteiger partial charge in [-0.1, -0.05) is 23.8 Å². The van der Waals surface area contributed by atoms with Gasteiger partial charge >= 0.3 is 0 Å². The van der Waals surface area contributed by atoms with Crippen LogP contribution in [0.25, 0.3) is 10.6 Å². The Labute approximate surface area is 161 Å². The number of pyridine rings is 1. The van der Waals surface area contributed by atoms with Gasteiger partial charge in [-0.15, -0.1) is 11.3 Å². The van der Waals surface area contributed by atoms with Crippen molar-refractivity contribution in [1.82, 2.24) is 15.3 Å². The zero-order chi connectivity index (χ0) is 19.2. The Hall–Kier alpha value is -3.06. The van der Waals surface area contributed by atoms with Crippen LogP contribution >= 0.6 is 11.3 Å². The van der Waals surface area contributed by atoms with Crippen LogP contribution < -0.4 is 10.6 Å². The van der Waals surface area contributed by atoms with E-state index < -0.39 is 0 Å². The van der Waals surface area contributed by atoms with Gasteiger partial charge in [-0.25, -0.2) is 4.98 Å².